The van der Waals surface area contributed by atoms with E-state index in [9.17, 15) is 5.11 Å². The van der Waals surface area contributed by atoms with Crippen LogP contribution in [-0.4, -0.2) is 39.5 Å². The van der Waals surface area contributed by atoms with Gasteiger partial charge in [0.2, 0.25) is 0 Å². The number of aryl methyl sites for hydroxylation is 1. The summed E-state index contributed by atoms with van der Waals surface area (Å²) in [5.74, 6) is 0.487. The van der Waals surface area contributed by atoms with Crippen LogP contribution >= 0.6 is 11.3 Å². The van der Waals surface area contributed by atoms with Gasteiger partial charge >= 0.3 is 6.01 Å². The average molecular weight is 392 g/mol. The van der Waals surface area contributed by atoms with Crippen LogP contribution in [0.25, 0.3) is 32.1 Å². The molecule has 28 heavy (non-hydrogen) atoms. The highest BCUT2D eigenvalue weighted by Gasteiger charge is 2.28. The van der Waals surface area contributed by atoms with E-state index in [1.54, 1.807) is 11.3 Å². The molecular weight excluding hydrogens is 372 g/mol. The zero-order valence-electron chi connectivity index (χ0n) is 15.5. The lowest BCUT2D eigenvalue weighted by Gasteiger charge is -2.19. The number of aliphatic hydroxyl groups excluding tert-OH is 1. The maximum atomic E-state index is 9.53. The number of thiazole rings is 1. The highest BCUT2D eigenvalue weighted by molar-refractivity contribution is 7.18. The number of anilines is 1. The first-order valence-electron chi connectivity index (χ1n) is 9.41. The fraction of sp³-hybridized carbons (Fsp3) is 0.286. The summed E-state index contributed by atoms with van der Waals surface area (Å²) in [7, 11) is 0. The quantitative estimate of drug-likeness (QED) is 0.559. The van der Waals surface area contributed by atoms with Crippen molar-refractivity contribution in [1.82, 2.24) is 15.2 Å². The average Bonchev–Trinajstić information content (AvgIpc) is 3.46. The van der Waals surface area contributed by atoms with Gasteiger partial charge in [-0.25, -0.2) is 4.98 Å². The summed E-state index contributed by atoms with van der Waals surface area (Å²) in [6.07, 6.45) is 1.97. The molecule has 1 atom stereocenters. The van der Waals surface area contributed by atoms with Gasteiger partial charge in [0.05, 0.1) is 18.3 Å². The van der Waals surface area contributed by atoms with E-state index in [0.717, 1.165) is 40.5 Å². The molecule has 0 bridgehead atoms. The van der Waals surface area contributed by atoms with Gasteiger partial charge in [0.25, 0.3) is 5.89 Å². The summed E-state index contributed by atoms with van der Waals surface area (Å²) < 4.78 is 5.95. The molecule has 5 rings (SSSR count). The van der Waals surface area contributed by atoms with E-state index < -0.39 is 0 Å². The largest absolute Gasteiger partial charge is 0.402 e. The minimum atomic E-state index is 0.0593. The molecular formula is C21H20N4O2S. The fourth-order valence-corrected chi connectivity index (χ4v) is 4.73. The van der Waals surface area contributed by atoms with Gasteiger partial charge in [-0.2, -0.15) is 0 Å². The lowest BCUT2D eigenvalue weighted by molar-refractivity contribution is 0.263. The number of aromatic nitrogens is 3. The SMILES string of the molecule is Cc1nc(-c2ccc3ccccc3c2)sc1-c1nnc(N2CCC[C@H]2CO)o1. The Labute approximate surface area is 166 Å². The number of aliphatic hydroxyl groups is 1. The first-order chi connectivity index (χ1) is 13.7. The van der Waals surface area contributed by atoms with E-state index >= 15 is 0 Å². The van der Waals surface area contributed by atoms with Crippen LogP contribution in [-0.2, 0) is 0 Å². The Morgan fingerprint density at radius 2 is 2.04 bits per heavy atom. The predicted molar refractivity (Wildman–Crippen MR) is 111 cm³/mol. The molecule has 7 heteroatoms. The Balaban J connectivity index is 1.48. The highest BCUT2D eigenvalue weighted by Crippen LogP contribution is 2.37. The zero-order chi connectivity index (χ0) is 19.1. The molecule has 3 heterocycles. The molecule has 2 aromatic carbocycles. The molecule has 1 saturated heterocycles. The normalized spacial score (nSPS) is 16.9. The lowest BCUT2D eigenvalue weighted by Crippen LogP contribution is -2.32. The van der Waals surface area contributed by atoms with Crippen molar-refractivity contribution in [3.05, 3.63) is 48.2 Å². The van der Waals surface area contributed by atoms with Gasteiger partial charge in [0, 0.05) is 12.1 Å². The Hall–Kier alpha value is -2.77. The standard InChI is InChI=1S/C21H20N4O2S/c1-13-18(19-23-24-21(27-19)25-10-4-7-17(25)12-26)28-20(22-13)16-9-8-14-5-2-3-6-15(14)11-16/h2-3,5-6,8-9,11,17,26H,4,7,10,12H2,1H3/t17-/m0/s1. The Bertz CT molecular complexity index is 1140. The molecule has 0 amide bonds. The van der Waals surface area contributed by atoms with Gasteiger partial charge in [-0.1, -0.05) is 41.5 Å². The van der Waals surface area contributed by atoms with Gasteiger partial charge in [-0.15, -0.1) is 16.4 Å². The molecule has 1 fully saturated rings. The molecule has 0 spiro atoms. The summed E-state index contributed by atoms with van der Waals surface area (Å²) in [5.41, 5.74) is 1.96. The van der Waals surface area contributed by atoms with Crippen molar-refractivity contribution in [1.29, 1.82) is 0 Å². The second-order valence-corrected chi connectivity index (χ2v) is 8.06. The zero-order valence-corrected chi connectivity index (χ0v) is 16.3. The van der Waals surface area contributed by atoms with Crippen molar-refractivity contribution in [2.75, 3.05) is 18.1 Å². The summed E-state index contributed by atoms with van der Waals surface area (Å²) in [4.78, 5) is 7.63. The van der Waals surface area contributed by atoms with Gasteiger partial charge < -0.3 is 14.4 Å². The van der Waals surface area contributed by atoms with Gasteiger partial charge in [-0.3, -0.25) is 0 Å². The minimum absolute atomic E-state index is 0.0593. The third kappa shape index (κ3) is 2.96. The molecule has 0 radical (unpaired) electrons. The molecule has 4 aromatic rings. The first kappa shape index (κ1) is 17.3. The molecule has 0 saturated carbocycles. The maximum Gasteiger partial charge on any atom is 0.318 e. The number of hydrogen-bond donors (Lipinski definition) is 1. The van der Waals surface area contributed by atoms with Gasteiger partial charge in [-0.05, 0) is 36.6 Å². The fourth-order valence-electron chi connectivity index (χ4n) is 3.74. The van der Waals surface area contributed by atoms with Crippen LogP contribution in [0.15, 0.2) is 46.9 Å². The monoisotopic (exact) mass is 392 g/mol. The van der Waals surface area contributed by atoms with E-state index in [1.807, 2.05) is 24.0 Å². The van der Waals surface area contributed by atoms with Crippen LogP contribution in [0, 0.1) is 6.92 Å². The molecule has 0 unspecified atom stereocenters. The first-order valence-corrected chi connectivity index (χ1v) is 10.2. The molecule has 1 N–H and O–H groups in total. The van der Waals surface area contributed by atoms with E-state index in [0.29, 0.717) is 11.9 Å². The van der Waals surface area contributed by atoms with Crippen molar-refractivity contribution in [2.45, 2.75) is 25.8 Å². The molecule has 0 aliphatic carbocycles. The molecule has 142 valence electrons. The Morgan fingerprint density at radius 1 is 1.18 bits per heavy atom. The predicted octanol–water partition coefficient (Wildman–Crippen LogP) is 4.28. The van der Waals surface area contributed by atoms with Crippen molar-refractivity contribution in [3.63, 3.8) is 0 Å². The number of benzene rings is 2. The topological polar surface area (TPSA) is 75.3 Å². The second-order valence-electron chi connectivity index (χ2n) is 7.06. The van der Waals surface area contributed by atoms with Crippen molar-refractivity contribution < 1.29 is 9.52 Å². The van der Waals surface area contributed by atoms with E-state index in [-0.39, 0.29) is 12.6 Å². The van der Waals surface area contributed by atoms with Crippen LogP contribution in [0.3, 0.4) is 0 Å². The Morgan fingerprint density at radius 3 is 2.89 bits per heavy atom. The van der Waals surface area contributed by atoms with Crippen molar-refractivity contribution in [2.24, 2.45) is 0 Å². The summed E-state index contributed by atoms with van der Waals surface area (Å²) >= 11 is 1.56. The number of nitrogens with zero attached hydrogens (tertiary/aromatic N) is 4. The van der Waals surface area contributed by atoms with Crippen LogP contribution in [0.2, 0.25) is 0 Å². The number of rotatable bonds is 4. The van der Waals surface area contributed by atoms with Gasteiger partial charge in [0.1, 0.15) is 9.88 Å². The van der Waals surface area contributed by atoms with Crippen LogP contribution < -0.4 is 4.90 Å². The summed E-state index contributed by atoms with van der Waals surface area (Å²) in [5, 5.41) is 21.3. The van der Waals surface area contributed by atoms with Crippen molar-refractivity contribution >= 4 is 28.1 Å². The van der Waals surface area contributed by atoms with Crippen LogP contribution in [0.5, 0.6) is 0 Å². The minimum Gasteiger partial charge on any atom is -0.402 e. The number of hydrogen-bond acceptors (Lipinski definition) is 7. The van der Waals surface area contributed by atoms with Gasteiger partial charge in [0.15, 0.2) is 0 Å². The number of fused-ring (bicyclic) bond motifs is 1. The van der Waals surface area contributed by atoms with E-state index in [4.69, 9.17) is 9.40 Å². The third-order valence-electron chi connectivity index (χ3n) is 5.24. The Kier molecular flexibility index (Phi) is 4.33. The third-order valence-corrected chi connectivity index (χ3v) is 6.43. The molecule has 1 aliphatic heterocycles. The molecule has 1 aliphatic rings. The second kappa shape index (κ2) is 7.00. The summed E-state index contributed by atoms with van der Waals surface area (Å²) in [6.45, 7) is 2.90. The summed E-state index contributed by atoms with van der Waals surface area (Å²) in [6, 6.07) is 15.2. The maximum absolute atomic E-state index is 9.53. The molecule has 6 nitrogen and oxygen atoms in total. The lowest BCUT2D eigenvalue weighted by atomic mass is 10.1. The van der Waals surface area contributed by atoms with Crippen molar-refractivity contribution in [3.8, 4) is 21.3 Å². The smallest absolute Gasteiger partial charge is 0.318 e. The highest BCUT2D eigenvalue weighted by atomic mass is 32.1. The van der Waals surface area contributed by atoms with E-state index in [2.05, 4.69) is 40.5 Å². The van der Waals surface area contributed by atoms with Crippen LogP contribution in [0.1, 0.15) is 18.5 Å². The van der Waals surface area contributed by atoms with Crippen LogP contribution in [0.4, 0.5) is 6.01 Å². The van der Waals surface area contributed by atoms with E-state index in [1.165, 1.54) is 10.8 Å². The molecule has 2 aromatic heterocycles.